The molecule has 0 aliphatic heterocycles. The first-order valence-corrected chi connectivity index (χ1v) is 19.1. The van der Waals surface area contributed by atoms with Crippen LogP contribution in [0.4, 0.5) is 0 Å². The Kier molecular flexibility index (Phi) is 7.60. The quantitative estimate of drug-likeness (QED) is 0.134. The van der Waals surface area contributed by atoms with Gasteiger partial charge >= 0.3 is 0 Å². The van der Waals surface area contributed by atoms with E-state index >= 15 is 0 Å². The summed E-state index contributed by atoms with van der Waals surface area (Å²) in [5.41, 5.74) is 9.80. The summed E-state index contributed by atoms with van der Waals surface area (Å²) < 4.78 is 0. The lowest BCUT2D eigenvalue weighted by molar-refractivity contribution is 1.18. The Balaban J connectivity index is 1.35. The molecule has 1 heterocycles. The van der Waals surface area contributed by atoms with Crippen molar-refractivity contribution in [1.82, 2.24) is 9.97 Å². The van der Waals surface area contributed by atoms with Gasteiger partial charge in [-0.3, -0.25) is 0 Å². The zero-order valence-electron chi connectivity index (χ0n) is 27.1. The first-order valence-electron chi connectivity index (χ1n) is 16.3. The van der Waals surface area contributed by atoms with Gasteiger partial charge in [-0.05, 0) is 80.6 Å². The maximum atomic E-state index is 5.13. The van der Waals surface area contributed by atoms with Gasteiger partial charge in [0.25, 0.3) is 0 Å². The van der Waals surface area contributed by atoms with Crippen LogP contribution in [0, 0.1) is 0 Å². The van der Waals surface area contributed by atoms with E-state index in [2.05, 4.69) is 159 Å². The van der Waals surface area contributed by atoms with Gasteiger partial charge in [0.15, 0.2) is 5.82 Å². The summed E-state index contributed by atoms with van der Waals surface area (Å²) in [6, 6.07) is 58.2. The van der Waals surface area contributed by atoms with E-state index in [1.165, 1.54) is 43.5 Å². The summed E-state index contributed by atoms with van der Waals surface area (Å²) in [5, 5.41) is 6.28. The minimum Gasteiger partial charge on any atom is -0.228 e. The highest BCUT2D eigenvalue weighted by Gasteiger charge is 2.18. The zero-order valence-corrected chi connectivity index (χ0v) is 28.0. The third-order valence-corrected chi connectivity index (χ3v) is 10.7. The van der Waals surface area contributed by atoms with Gasteiger partial charge in [0.2, 0.25) is 0 Å². The minimum absolute atomic E-state index is 0.716. The van der Waals surface area contributed by atoms with Crippen molar-refractivity contribution >= 4 is 40.0 Å². The summed E-state index contributed by atoms with van der Waals surface area (Å²) >= 11 is 0. The smallest absolute Gasteiger partial charge is 0.160 e. The van der Waals surface area contributed by atoms with Gasteiger partial charge in [0.1, 0.15) is 0 Å². The van der Waals surface area contributed by atoms with E-state index in [0.717, 1.165) is 33.6 Å². The van der Waals surface area contributed by atoms with E-state index in [-0.39, 0.29) is 0 Å². The lowest BCUT2D eigenvalue weighted by Crippen LogP contribution is -2.03. The highest BCUT2D eigenvalue weighted by molar-refractivity contribution is 7.79. The fourth-order valence-corrected chi connectivity index (χ4v) is 7.67. The standard InChI is InChI=1S/C45H35N2P/c1-48(2,3)36-23-15-22-35(29-36)44-39-26-12-10-24-37(39)43(38-25-11-13-27-40(38)44)34-21-14-20-33(28-34)42-30-41(31-16-6-4-7-17-31)46-45(47-42)32-18-8-5-9-19-32/h4-30H,1H2,2-3H3. The fraction of sp³-hybridized carbons (Fsp3) is 0.0444. The average Bonchev–Trinajstić information content (AvgIpc) is 3.14. The molecule has 0 unspecified atom stereocenters. The van der Waals surface area contributed by atoms with Crippen molar-refractivity contribution in [3.05, 3.63) is 164 Å². The van der Waals surface area contributed by atoms with Crippen LogP contribution in [-0.4, -0.2) is 29.6 Å². The summed E-state index contributed by atoms with van der Waals surface area (Å²) in [7, 11) is 0. The Morgan fingerprint density at radius 1 is 0.396 bits per heavy atom. The Hall–Kier alpha value is -5.56. The molecule has 8 rings (SSSR count). The summed E-state index contributed by atoms with van der Waals surface area (Å²) in [6.07, 6.45) is 4.53. The van der Waals surface area contributed by atoms with E-state index in [4.69, 9.17) is 9.97 Å². The molecule has 1 aromatic heterocycles. The molecule has 0 spiro atoms. The molecule has 230 valence electrons. The number of nitrogens with zero attached hydrogens (tertiary/aromatic N) is 2. The van der Waals surface area contributed by atoms with Crippen LogP contribution in [0.15, 0.2) is 164 Å². The van der Waals surface area contributed by atoms with Crippen molar-refractivity contribution in [3.63, 3.8) is 0 Å². The molecule has 0 aliphatic carbocycles. The van der Waals surface area contributed by atoms with Gasteiger partial charge in [0, 0.05) is 16.7 Å². The maximum Gasteiger partial charge on any atom is 0.160 e. The van der Waals surface area contributed by atoms with Crippen molar-refractivity contribution in [2.75, 3.05) is 13.3 Å². The third-order valence-electron chi connectivity index (χ3n) is 9.04. The van der Waals surface area contributed by atoms with E-state index < -0.39 is 6.89 Å². The number of hydrogen-bond acceptors (Lipinski definition) is 2. The summed E-state index contributed by atoms with van der Waals surface area (Å²) in [5.74, 6) is 0.716. The summed E-state index contributed by atoms with van der Waals surface area (Å²) in [6.45, 7) is 3.12. The van der Waals surface area contributed by atoms with Crippen molar-refractivity contribution in [3.8, 4) is 56.2 Å². The Morgan fingerprint density at radius 2 is 0.812 bits per heavy atom. The van der Waals surface area contributed by atoms with Crippen LogP contribution in [0.25, 0.3) is 77.7 Å². The largest absolute Gasteiger partial charge is 0.228 e. The number of fused-ring (bicyclic) bond motifs is 2. The van der Waals surface area contributed by atoms with Gasteiger partial charge in [-0.15, -0.1) is 0 Å². The van der Waals surface area contributed by atoms with E-state index in [0.29, 0.717) is 5.82 Å². The van der Waals surface area contributed by atoms with Gasteiger partial charge in [-0.2, -0.15) is 0 Å². The van der Waals surface area contributed by atoms with Crippen LogP contribution in [0.5, 0.6) is 0 Å². The molecule has 48 heavy (non-hydrogen) atoms. The van der Waals surface area contributed by atoms with Gasteiger partial charge in [-0.1, -0.05) is 159 Å². The van der Waals surface area contributed by atoms with Crippen molar-refractivity contribution in [2.24, 2.45) is 0 Å². The van der Waals surface area contributed by atoms with Crippen molar-refractivity contribution < 1.29 is 0 Å². The molecule has 0 bridgehead atoms. The Morgan fingerprint density at radius 3 is 1.35 bits per heavy atom. The second-order valence-corrected chi connectivity index (χ2v) is 16.7. The SMILES string of the molecule is C=P(C)(C)c1cccc(-c2c3ccccc3c(-c3cccc(-c4cc(-c5ccccc5)nc(-c5ccccc5)n4)c3)c3ccccc23)c1. The molecule has 0 amide bonds. The third kappa shape index (κ3) is 5.55. The maximum absolute atomic E-state index is 5.13. The Labute approximate surface area is 282 Å². The monoisotopic (exact) mass is 634 g/mol. The lowest BCUT2D eigenvalue weighted by atomic mass is 9.85. The first kappa shape index (κ1) is 29.8. The molecule has 0 aliphatic rings. The van der Waals surface area contributed by atoms with Crippen LogP contribution in [0.1, 0.15) is 0 Å². The van der Waals surface area contributed by atoms with Crippen LogP contribution >= 0.6 is 6.89 Å². The zero-order chi connectivity index (χ0) is 32.7. The van der Waals surface area contributed by atoms with Gasteiger partial charge in [0.05, 0.1) is 11.4 Å². The number of aromatic nitrogens is 2. The van der Waals surface area contributed by atoms with Gasteiger partial charge < -0.3 is 0 Å². The average molecular weight is 635 g/mol. The van der Waals surface area contributed by atoms with Crippen LogP contribution in [0.2, 0.25) is 0 Å². The highest BCUT2D eigenvalue weighted by Crippen LogP contribution is 2.45. The molecule has 3 heteroatoms. The number of benzene rings is 7. The summed E-state index contributed by atoms with van der Waals surface area (Å²) in [4.78, 5) is 10.1. The normalized spacial score (nSPS) is 11.6. The molecule has 8 aromatic rings. The molecule has 0 atom stereocenters. The second kappa shape index (κ2) is 12.2. The predicted octanol–water partition coefficient (Wildman–Crippen LogP) is 11.5. The Bertz CT molecular complexity index is 2380. The molecule has 7 aromatic carbocycles. The molecule has 0 radical (unpaired) electrons. The molecular formula is C45H35N2P. The van der Waals surface area contributed by atoms with Gasteiger partial charge in [-0.25, -0.2) is 9.97 Å². The molecule has 0 N–H and O–H groups in total. The molecular weight excluding hydrogens is 599 g/mol. The van der Waals surface area contributed by atoms with E-state index in [9.17, 15) is 0 Å². The van der Waals surface area contributed by atoms with Crippen LogP contribution < -0.4 is 5.30 Å². The molecule has 0 saturated heterocycles. The second-order valence-electron chi connectivity index (χ2n) is 12.9. The first-order chi connectivity index (χ1) is 23.4. The van der Waals surface area contributed by atoms with Crippen molar-refractivity contribution in [2.45, 2.75) is 0 Å². The number of rotatable bonds is 6. The molecule has 2 nitrogen and oxygen atoms in total. The molecule has 0 saturated carbocycles. The topological polar surface area (TPSA) is 25.8 Å². The minimum atomic E-state index is -1.44. The van der Waals surface area contributed by atoms with E-state index in [1.54, 1.807) is 0 Å². The fourth-order valence-electron chi connectivity index (χ4n) is 6.69. The predicted molar refractivity (Wildman–Crippen MR) is 210 cm³/mol. The number of hydrogen-bond donors (Lipinski definition) is 0. The molecule has 0 fully saturated rings. The lowest BCUT2D eigenvalue weighted by Gasteiger charge is -2.20. The van der Waals surface area contributed by atoms with Crippen LogP contribution in [-0.2, 0) is 0 Å². The van der Waals surface area contributed by atoms with E-state index in [1.807, 2.05) is 24.3 Å². The highest BCUT2D eigenvalue weighted by atomic mass is 31.2. The van der Waals surface area contributed by atoms with Crippen molar-refractivity contribution in [1.29, 1.82) is 0 Å². The van der Waals surface area contributed by atoms with Crippen LogP contribution in [0.3, 0.4) is 0 Å².